The van der Waals surface area contributed by atoms with Crippen LogP contribution < -0.4 is 10.1 Å². The SMILES string of the molecule is CCCN1Cc2nc(CCc3ccc(F)cc3)c(-c3nnc(C)o3)c(-c3cc4ncnc(NC5CCc6c5ccc(F)c6OC)c4s3)c2C1=O. The number of benzene rings is 2. The molecular weight excluding hydrogens is 661 g/mol. The first kappa shape index (κ1) is 31.9. The Balaban J connectivity index is 1.27. The molecule has 0 saturated carbocycles. The molecule has 4 aromatic heterocycles. The number of halogens is 2. The van der Waals surface area contributed by atoms with Gasteiger partial charge in [-0.05, 0) is 67.5 Å². The van der Waals surface area contributed by atoms with Crippen molar-refractivity contribution in [3.05, 3.63) is 100.0 Å². The number of thiophene rings is 1. The Bertz CT molecular complexity index is 2270. The van der Waals surface area contributed by atoms with Crippen molar-refractivity contribution in [2.75, 3.05) is 19.0 Å². The number of aromatic nitrogens is 5. The van der Waals surface area contributed by atoms with Gasteiger partial charge in [0, 0.05) is 29.5 Å². The highest BCUT2D eigenvalue weighted by Gasteiger charge is 2.37. The van der Waals surface area contributed by atoms with E-state index in [9.17, 15) is 13.6 Å². The van der Waals surface area contributed by atoms with Crippen molar-refractivity contribution in [3.8, 4) is 27.6 Å². The number of nitrogens with zero attached hydrogens (tertiary/aromatic N) is 6. The number of carbonyl (C=O) groups excluding carboxylic acids is 1. The Morgan fingerprint density at radius 3 is 2.66 bits per heavy atom. The molecule has 1 unspecified atom stereocenters. The lowest BCUT2D eigenvalue weighted by molar-refractivity contribution is 0.0778. The summed E-state index contributed by atoms with van der Waals surface area (Å²) in [5.74, 6) is 0.814. The number of carbonyl (C=O) groups is 1. The van der Waals surface area contributed by atoms with E-state index >= 15 is 0 Å². The van der Waals surface area contributed by atoms with Crippen molar-refractivity contribution in [1.29, 1.82) is 0 Å². The summed E-state index contributed by atoms with van der Waals surface area (Å²) in [5.41, 5.74) is 6.69. The topological polar surface area (TPSA) is 119 Å². The van der Waals surface area contributed by atoms with Crippen LogP contribution in [0.15, 0.2) is 53.2 Å². The van der Waals surface area contributed by atoms with Crippen LogP contribution in [-0.2, 0) is 25.8 Å². The lowest BCUT2D eigenvalue weighted by Gasteiger charge is -2.16. The zero-order valence-electron chi connectivity index (χ0n) is 27.7. The van der Waals surface area contributed by atoms with Crippen molar-refractivity contribution >= 4 is 33.3 Å². The Morgan fingerprint density at radius 2 is 1.90 bits per heavy atom. The summed E-state index contributed by atoms with van der Waals surface area (Å²) in [4.78, 5) is 31.1. The maximum Gasteiger partial charge on any atom is 0.256 e. The molecule has 1 amide bonds. The third kappa shape index (κ3) is 5.55. The highest BCUT2D eigenvalue weighted by atomic mass is 32.1. The molecule has 0 bridgehead atoms. The third-order valence-corrected chi connectivity index (χ3v) is 10.5. The highest BCUT2D eigenvalue weighted by Crippen LogP contribution is 2.47. The lowest BCUT2D eigenvalue weighted by Crippen LogP contribution is -2.24. The molecule has 2 aliphatic rings. The second-order valence-corrected chi connectivity index (χ2v) is 13.6. The van der Waals surface area contributed by atoms with E-state index in [0.29, 0.717) is 77.7 Å². The maximum atomic E-state index is 14.5. The van der Waals surface area contributed by atoms with E-state index in [2.05, 4.69) is 25.5 Å². The molecule has 1 aliphatic heterocycles. The molecule has 0 saturated heterocycles. The molecule has 1 N–H and O–H groups in total. The third-order valence-electron chi connectivity index (χ3n) is 9.37. The molecule has 0 fully saturated rings. The fraction of sp³-hybridized carbons (Fsp3) is 0.297. The van der Waals surface area contributed by atoms with E-state index < -0.39 is 0 Å². The summed E-state index contributed by atoms with van der Waals surface area (Å²) in [6, 6.07) is 11.5. The van der Waals surface area contributed by atoms with Crippen LogP contribution in [0, 0.1) is 18.6 Å². The van der Waals surface area contributed by atoms with Gasteiger partial charge in [-0.3, -0.25) is 9.78 Å². The van der Waals surface area contributed by atoms with Crippen LogP contribution in [0.4, 0.5) is 14.6 Å². The predicted octanol–water partition coefficient (Wildman–Crippen LogP) is 7.65. The van der Waals surface area contributed by atoms with E-state index in [0.717, 1.165) is 39.1 Å². The number of hydrogen-bond donors (Lipinski definition) is 1. The summed E-state index contributed by atoms with van der Waals surface area (Å²) in [6.07, 6.45) is 4.82. The molecule has 0 spiro atoms. The Morgan fingerprint density at radius 1 is 1.06 bits per heavy atom. The van der Waals surface area contributed by atoms with E-state index in [4.69, 9.17) is 14.1 Å². The van der Waals surface area contributed by atoms with Crippen LogP contribution >= 0.6 is 11.3 Å². The average molecular weight is 694 g/mol. The molecular formula is C37H33F2N7O3S. The Hall–Kier alpha value is -5.30. The first-order valence-corrected chi connectivity index (χ1v) is 17.4. The van der Waals surface area contributed by atoms with Crippen molar-refractivity contribution in [3.63, 3.8) is 0 Å². The van der Waals surface area contributed by atoms with Crippen LogP contribution in [-0.4, -0.2) is 49.6 Å². The van der Waals surface area contributed by atoms with Crippen molar-refractivity contribution in [2.45, 2.75) is 58.5 Å². The molecule has 13 heteroatoms. The number of hydrogen-bond acceptors (Lipinski definition) is 10. The minimum absolute atomic E-state index is 0.0995. The fourth-order valence-electron chi connectivity index (χ4n) is 7.12. The van der Waals surface area contributed by atoms with Gasteiger partial charge in [-0.1, -0.05) is 25.1 Å². The van der Waals surface area contributed by atoms with Gasteiger partial charge in [0.05, 0.1) is 52.4 Å². The summed E-state index contributed by atoms with van der Waals surface area (Å²) in [7, 11) is 1.49. The molecule has 254 valence electrons. The fourth-order valence-corrected chi connectivity index (χ4v) is 8.24. The summed E-state index contributed by atoms with van der Waals surface area (Å²) >= 11 is 1.47. The van der Waals surface area contributed by atoms with E-state index in [-0.39, 0.29) is 35.2 Å². The molecule has 5 heterocycles. The van der Waals surface area contributed by atoms with Crippen molar-refractivity contribution in [2.24, 2.45) is 0 Å². The largest absolute Gasteiger partial charge is 0.493 e. The number of pyridine rings is 1. The number of anilines is 1. The van der Waals surface area contributed by atoms with E-state index in [1.54, 1.807) is 25.1 Å². The standard InChI is InChI=1S/C37H33F2N7O3S/c1-4-15-46-17-28-31(37(46)47)32(30(36-45-44-19(2)49-36)26(42-28)13-7-20-5-8-21(38)9-6-20)29-16-27-34(50-29)35(41-18-40-27)43-25-14-11-23-22(25)10-12-24(39)33(23)48-3/h5-6,8-10,12,16,18,25H,4,7,11,13-15,17H2,1-3H3,(H,40,41,43). The zero-order chi connectivity index (χ0) is 34.5. The number of ether oxygens (including phenoxy) is 1. The molecule has 1 aliphatic carbocycles. The van der Waals surface area contributed by atoms with Crippen LogP contribution in [0.3, 0.4) is 0 Å². The number of fused-ring (bicyclic) bond motifs is 3. The second-order valence-electron chi connectivity index (χ2n) is 12.5. The Labute approximate surface area is 290 Å². The minimum atomic E-state index is -0.375. The summed E-state index contributed by atoms with van der Waals surface area (Å²) in [5, 5.41) is 12.1. The molecule has 1 atom stereocenters. The smallest absolute Gasteiger partial charge is 0.256 e. The molecule has 50 heavy (non-hydrogen) atoms. The molecule has 6 aromatic rings. The predicted molar refractivity (Wildman–Crippen MR) is 185 cm³/mol. The van der Waals surface area contributed by atoms with Gasteiger partial charge in [0.2, 0.25) is 11.8 Å². The van der Waals surface area contributed by atoms with Gasteiger partial charge >= 0.3 is 0 Å². The summed E-state index contributed by atoms with van der Waals surface area (Å²) < 4.78 is 40.4. The monoisotopic (exact) mass is 693 g/mol. The number of methoxy groups -OCH3 is 1. The summed E-state index contributed by atoms with van der Waals surface area (Å²) in [6.45, 7) is 4.75. The van der Waals surface area contributed by atoms with Gasteiger partial charge in [-0.2, -0.15) is 0 Å². The normalized spacial score (nSPS) is 15.2. The van der Waals surface area contributed by atoms with Crippen LogP contribution in [0.5, 0.6) is 5.75 Å². The molecule has 0 radical (unpaired) electrons. The van der Waals surface area contributed by atoms with Gasteiger partial charge in [0.15, 0.2) is 11.6 Å². The van der Waals surface area contributed by atoms with Gasteiger partial charge in [0.1, 0.15) is 18.0 Å². The first-order valence-electron chi connectivity index (χ1n) is 16.6. The minimum Gasteiger partial charge on any atom is -0.493 e. The first-order chi connectivity index (χ1) is 24.3. The number of aryl methyl sites for hydroxylation is 3. The lowest BCUT2D eigenvalue weighted by atomic mass is 9.94. The second kappa shape index (κ2) is 12.9. The maximum absolute atomic E-state index is 14.5. The average Bonchev–Trinajstić information content (AvgIpc) is 3.90. The number of nitrogens with one attached hydrogen (secondary N) is 1. The number of rotatable bonds is 10. The van der Waals surface area contributed by atoms with Crippen LogP contribution in [0.25, 0.3) is 32.1 Å². The van der Waals surface area contributed by atoms with Gasteiger partial charge in [-0.25, -0.2) is 18.7 Å². The highest BCUT2D eigenvalue weighted by molar-refractivity contribution is 7.22. The Kier molecular flexibility index (Phi) is 8.22. The van der Waals surface area contributed by atoms with Crippen molar-refractivity contribution in [1.82, 2.24) is 30.0 Å². The quantitative estimate of drug-likeness (QED) is 0.154. The van der Waals surface area contributed by atoms with Crippen LogP contribution in [0.2, 0.25) is 0 Å². The zero-order valence-corrected chi connectivity index (χ0v) is 28.5. The molecule has 2 aromatic carbocycles. The van der Waals surface area contributed by atoms with Gasteiger partial charge in [-0.15, -0.1) is 21.5 Å². The molecule has 10 nitrogen and oxygen atoms in total. The van der Waals surface area contributed by atoms with Crippen molar-refractivity contribution < 1.29 is 22.7 Å². The van der Waals surface area contributed by atoms with Crippen LogP contribution in [0.1, 0.15) is 70.1 Å². The molecule has 8 rings (SSSR count). The number of amides is 1. The van der Waals surface area contributed by atoms with E-state index in [1.165, 1.54) is 43.0 Å². The van der Waals surface area contributed by atoms with Gasteiger partial charge in [0.25, 0.3) is 5.91 Å². The van der Waals surface area contributed by atoms with E-state index in [1.807, 2.05) is 17.9 Å². The van der Waals surface area contributed by atoms with Gasteiger partial charge < -0.3 is 19.4 Å².